The molecule has 1 aliphatic rings. The Hall–Kier alpha value is -0.870. The topological polar surface area (TPSA) is 47.3 Å². The Morgan fingerprint density at radius 1 is 1.65 bits per heavy atom. The van der Waals surface area contributed by atoms with Crippen LogP contribution >= 0.6 is 0 Å². The van der Waals surface area contributed by atoms with E-state index in [0.717, 1.165) is 17.8 Å². The molecule has 0 spiro atoms. The number of aryl methyl sites for hydroxylation is 2. The summed E-state index contributed by atoms with van der Waals surface area (Å²) < 4.78 is 7.37. The molecular formula is C13H22N2O2. The van der Waals surface area contributed by atoms with Crippen LogP contribution in [0.2, 0.25) is 0 Å². The van der Waals surface area contributed by atoms with Gasteiger partial charge in [-0.1, -0.05) is 6.92 Å². The van der Waals surface area contributed by atoms with Gasteiger partial charge in [0.2, 0.25) is 0 Å². The van der Waals surface area contributed by atoms with Gasteiger partial charge in [-0.05, 0) is 25.8 Å². The first kappa shape index (κ1) is 12.6. The largest absolute Gasteiger partial charge is 0.389 e. The number of ether oxygens (including phenoxy) is 1. The molecule has 1 N–H and O–H groups in total. The van der Waals surface area contributed by atoms with Crippen LogP contribution in [0.15, 0.2) is 6.07 Å². The lowest BCUT2D eigenvalue weighted by Crippen LogP contribution is -2.41. The SMILES string of the molecule is CCc1cc(CC2(O)CCOC(C)C2)n(C)n1. The minimum Gasteiger partial charge on any atom is -0.389 e. The van der Waals surface area contributed by atoms with Crippen LogP contribution in [0.25, 0.3) is 0 Å². The van der Waals surface area contributed by atoms with Gasteiger partial charge in [0.05, 0.1) is 17.4 Å². The summed E-state index contributed by atoms with van der Waals surface area (Å²) in [7, 11) is 1.95. The smallest absolute Gasteiger partial charge is 0.0749 e. The number of rotatable bonds is 3. The van der Waals surface area contributed by atoms with Gasteiger partial charge in [-0.2, -0.15) is 5.10 Å². The van der Waals surface area contributed by atoms with Crippen LogP contribution in [0, 0.1) is 0 Å². The maximum atomic E-state index is 10.6. The van der Waals surface area contributed by atoms with Crippen molar-refractivity contribution in [1.82, 2.24) is 9.78 Å². The maximum Gasteiger partial charge on any atom is 0.0749 e. The van der Waals surface area contributed by atoms with E-state index in [9.17, 15) is 5.11 Å². The lowest BCUT2D eigenvalue weighted by molar-refractivity contribution is -0.0968. The van der Waals surface area contributed by atoms with Gasteiger partial charge in [0.1, 0.15) is 0 Å². The quantitative estimate of drug-likeness (QED) is 0.867. The van der Waals surface area contributed by atoms with E-state index in [4.69, 9.17) is 4.74 Å². The fourth-order valence-electron chi connectivity index (χ4n) is 2.55. The maximum absolute atomic E-state index is 10.6. The fraction of sp³-hybridized carbons (Fsp3) is 0.769. The summed E-state index contributed by atoms with van der Waals surface area (Å²) in [5.41, 5.74) is 1.57. The average Bonchev–Trinajstić information content (AvgIpc) is 2.58. The summed E-state index contributed by atoms with van der Waals surface area (Å²) in [5.74, 6) is 0. The van der Waals surface area contributed by atoms with Crippen molar-refractivity contribution in [3.8, 4) is 0 Å². The van der Waals surface area contributed by atoms with Crippen molar-refractivity contribution in [2.24, 2.45) is 7.05 Å². The van der Waals surface area contributed by atoms with Gasteiger partial charge >= 0.3 is 0 Å². The third-order valence-electron chi connectivity index (χ3n) is 3.54. The third-order valence-corrected chi connectivity index (χ3v) is 3.54. The van der Waals surface area contributed by atoms with Gasteiger partial charge in [-0.3, -0.25) is 4.68 Å². The zero-order valence-electron chi connectivity index (χ0n) is 10.9. The van der Waals surface area contributed by atoms with Crippen LogP contribution < -0.4 is 0 Å². The number of hydrogen-bond acceptors (Lipinski definition) is 3. The molecule has 1 aromatic rings. The van der Waals surface area contributed by atoms with E-state index in [1.165, 1.54) is 0 Å². The molecule has 2 heterocycles. The minimum absolute atomic E-state index is 0.146. The van der Waals surface area contributed by atoms with Crippen LogP contribution in [0.1, 0.15) is 38.1 Å². The zero-order chi connectivity index (χ0) is 12.5. The second kappa shape index (κ2) is 4.78. The molecule has 1 aliphatic heterocycles. The summed E-state index contributed by atoms with van der Waals surface area (Å²) in [5, 5.41) is 15.0. The number of aliphatic hydroxyl groups is 1. The number of aromatic nitrogens is 2. The molecular weight excluding hydrogens is 216 g/mol. The van der Waals surface area contributed by atoms with Crippen LogP contribution in [-0.2, 0) is 24.6 Å². The van der Waals surface area contributed by atoms with Crippen LogP contribution in [0.3, 0.4) is 0 Å². The Morgan fingerprint density at radius 2 is 2.41 bits per heavy atom. The Morgan fingerprint density at radius 3 is 3.00 bits per heavy atom. The Kier molecular flexibility index (Phi) is 3.54. The van der Waals surface area contributed by atoms with E-state index in [-0.39, 0.29) is 6.10 Å². The van der Waals surface area contributed by atoms with Crippen molar-refractivity contribution in [3.63, 3.8) is 0 Å². The van der Waals surface area contributed by atoms with E-state index in [0.29, 0.717) is 25.9 Å². The van der Waals surface area contributed by atoms with Crippen molar-refractivity contribution in [2.45, 2.75) is 51.2 Å². The molecule has 17 heavy (non-hydrogen) atoms. The molecule has 96 valence electrons. The van der Waals surface area contributed by atoms with Crippen molar-refractivity contribution in [2.75, 3.05) is 6.61 Å². The van der Waals surface area contributed by atoms with Crippen molar-refractivity contribution in [1.29, 1.82) is 0 Å². The van der Waals surface area contributed by atoms with Gasteiger partial charge < -0.3 is 9.84 Å². The molecule has 2 atom stereocenters. The highest BCUT2D eigenvalue weighted by atomic mass is 16.5. The molecule has 0 aliphatic carbocycles. The first-order chi connectivity index (χ1) is 8.02. The first-order valence-corrected chi connectivity index (χ1v) is 6.38. The molecule has 0 bridgehead atoms. The van der Waals surface area contributed by atoms with E-state index in [1.807, 2.05) is 18.7 Å². The normalized spacial score (nSPS) is 29.5. The molecule has 2 rings (SSSR count). The summed E-state index contributed by atoms with van der Waals surface area (Å²) >= 11 is 0. The third kappa shape index (κ3) is 2.87. The van der Waals surface area contributed by atoms with Gasteiger partial charge in [0.25, 0.3) is 0 Å². The molecule has 1 aromatic heterocycles. The minimum atomic E-state index is -0.629. The van der Waals surface area contributed by atoms with Crippen LogP contribution in [0.5, 0.6) is 0 Å². The van der Waals surface area contributed by atoms with Crippen molar-refractivity contribution >= 4 is 0 Å². The molecule has 1 saturated heterocycles. The van der Waals surface area contributed by atoms with Crippen molar-refractivity contribution < 1.29 is 9.84 Å². The molecule has 1 fully saturated rings. The lowest BCUT2D eigenvalue weighted by Gasteiger charge is -2.35. The predicted molar refractivity (Wildman–Crippen MR) is 65.9 cm³/mol. The van der Waals surface area contributed by atoms with E-state index in [2.05, 4.69) is 18.1 Å². The molecule has 0 saturated carbocycles. The summed E-state index contributed by atoms with van der Waals surface area (Å²) in [6, 6.07) is 2.10. The van der Waals surface area contributed by atoms with E-state index < -0.39 is 5.60 Å². The Balaban J connectivity index is 2.10. The van der Waals surface area contributed by atoms with Crippen LogP contribution in [0.4, 0.5) is 0 Å². The molecule has 0 amide bonds. The number of hydrogen-bond donors (Lipinski definition) is 1. The fourth-order valence-corrected chi connectivity index (χ4v) is 2.55. The molecule has 4 nitrogen and oxygen atoms in total. The number of nitrogens with zero attached hydrogens (tertiary/aromatic N) is 2. The van der Waals surface area contributed by atoms with Gasteiger partial charge in [0.15, 0.2) is 0 Å². The highest BCUT2D eigenvalue weighted by Crippen LogP contribution is 2.28. The standard InChI is InChI=1S/C13H22N2O2/c1-4-11-7-12(15(3)14-11)9-13(16)5-6-17-10(2)8-13/h7,10,16H,4-6,8-9H2,1-3H3. The van der Waals surface area contributed by atoms with Gasteiger partial charge in [-0.15, -0.1) is 0 Å². The molecule has 0 aromatic carbocycles. The second-order valence-corrected chi connectivity index (χ2v) is 5.14. The molecule has 4 heteroatoms. The highest BCUT2D eigenvalue weighted by Gasteiger charge is 2.34. The van der Waals surface area contributed by atoms with Gasteiger partial charge in [0, 0.05) is 32.2 Å². The summed E-state index contributed by atoms with van der Waals surface area (Å²) in [6.45, 7) is 4.76. The van der Waals surface area contributed by atoms with Crippen molar-refractivity contribution in [3.05, 3.63) is 17.5 Å². The Labute approximate surface area is 103 Å². The monoisotopic (exact) mass is 238 g/mol. The first-order valence-electron chi connectivity index (χ1n) is 6.38. The zero-order valence-corrected chi connectivity index (χ0v) is 10.9. The van der Waals surface area contributed by atoms with Crippen LogP contribution in [-0.4, -0.2) is 33.2 Å². The summed E-state index contributed by atoms with van der Waals surface area (Å²) in [4.78, 5) is 0. The molecule has 0 radical (unpaired) electrons. The average molecular weight is 238 g/mol. The van der Waals surface area contributed by atoms with Gasteiger partial charge in [-0.25, -0.2) is 0 Å². The summed E-state index contributed by atoms with van der Waals surface area (Å²) in [6.07, 6.45) is 3.17. The van der Waals surface area contributed by atoms with E-state index in [1.54, 1.807) is 0 Å². The predicted octanol–water partition coefficient (Wildman–Crippen LogP) is 1.45. The Bertz CT molecular complexity index is 389. The highest BCUT2D eigenvalue weighted by molar-refractivity contribution is 5.13. The van der Waals surface area contributed by atoms with E-state index >= 15 is 0 Å². The lowest BCUT2D eigenvalue weighted by atomic mass is 9.86. The molecule has 2 unspecified atom stereocenters. The second-order valence-electron chi connectivity index (χ2n) is 5.14.